The van der Waals surface area contributed by atoms with E-state index >= 15 is 0 Å². The number of carboxylic acid groups (broad SMARTS) is 1. The van der Waals surface area contributed by atoms with E-state index in [-0.39, 0.29) is 35.9 Å². The van der Waals surface area contributed by atoms with Gasteiger partial charge in [0.25, 0.3) is 0 Å². The van der Waals surface area contributed by atoms with Crippen molar-refractivity contribution in [3.05, 3.63) is 23.8 Å². The van der Waals surface area contributed by atoms with Crippen LogP contribution in [-0.4, -0.2) is 60.0 Å². The van der Waals surface area contributed by atoms with Gasteiger partial charge in [0.15, 0.2) is 11.5 Å². The number of carboxylic acids is 1. The van der Waals surface area contributed by atoms with Gasteiger partial charge in [-0.1, -0.05) is 40.2 Å². The molecule has 242 valence electrons. The fraction of sp³-hybridized carbons (Fsp3) is 0.677. The molecule has 0 bridgehead atoms. The topological polar surface area (TPSA) is 170 Å². The number of hydrogen-bond acceptors (Lipinski definition) is 11. The molecule has 12 heteroatoms. The molecule has 1 aliphatic rings. The highest BCUT2D eigenvalue weighted by Gasteiger charge is 2.31. The van der Waals surface area contributed by atoms with Gasteiger partial charge in [-0.05, 0) is 82.4 Å². The Morgan fingerprint density at radius 3 is 1.84 bits per heavy atom. The maximum absolute atomic E-state index is 12.6. The molecule has 2 rings (SSSR count). The Bertz CT molecular complexity index is 1080. The molecule has 12 nitrogen and oxygen atoms in total. The molecular formula is C31H47NO11. The molecule has 5 atom stereocenters. The molecule has 1 fully saturated rings. The van der Waals surface area contributed by atoms with Crippen LogP contribution in [0.2, 0.25) is 0 Å². The van der Waals surface area contributed by atoms with Crippen molar-refractivity contribution in [3.8, 4) is 11.5 Å². The summed E-state index contributed by atoms with van der Waals surface area (Å²) in [4.78, 5) is 49.4. The highest BCUT2D eigenvalue weighted by molar-refractivity contribution is 5.75. The normalized spacial score (nSPS) is 17.3. The van der Waals surface area contributed by atoms with Crippen LogP contribution in [0.25, 0.3) is 0 Å². The van der Waals surface area contributed by atoms with Crippen LogP contribution in [0.3, 0.4) is 0 Å². The number of aliphatic carboxylic acids is 1. The van der Waals surface area contributed by atoms with Crippen molar-refractivity contribution < 1.29 is 52.7 Å². The number of rotatable bonds is 13. The summed E-state index contributed by atoms with van der Waals surface area (Å²) >= 11 is 0. The monoisotopic (exact) mass is 609 g/mol. The van der Waals surface area contributed by atoms with E-state index in [0.717, 1.165) is 32.1 Å². The van der Waals surface area contributed by atoms with Gasteiger partial charge in [0, 0.05) is 5.92 Å². The fourth-order valence-corrected chi connectivity index (χ4v) is 4.30. The molecule has 1 saturated carbocycles. The Kier molecular flexibility index (Phi) is 14.0. The third kappa shape index (κ3) is 11.9. The standard InChI is InChI=1S/C31H47NO11/c1-17(2)20(6)39-30(36)42-25-14-13-22(16-26(25)43-31(37)40-21(7)18(3)4)24(27(32)28(33)34)15-19(5)38-29(35)41-23-11-9-8-10-12-23/h13-14,16-21,23-24,27H,8-12,15,32H2,1-7H3,(H,33,34)/t19?,20?,21?,24?,27-/m0/s1. The average molecular weight is 610 g/mol. The van der Waals surface area contributed by atoms with Crippen molar-refractivity contribution in [2.45, 2.75) is 123 Å². The molecule has 4 unspecified atom stereocenters. The smallest absolute Gasteiger partial charge is 0.480 e. The van der Waals surface area contributed by atoms with Crippen molar-refractivity contribution in [2.24, 2.45) is 17.6 Å². The first-order valence-electron chi connectivity index (χ1n) is 14.9. The van der Waals surface area contributed by atoms with Crippen molar-refractivity contribution >= 4 is 24.4 Å². The lowest BCUT2D eigenvalue weighted by atomic mass is 9.87. The molecule has 0 aliphatic heterocycles. The lowest BCUT2D eigenvalue weighted by Crippen LogP contribution is -2.38. The molecule has 1 aliphatic carbocycles. The molecule has 3 N–H and O–H groups in total. The summed E-state index contributed by atoms with van der Waals surface area (Å²) in [6.07, 6.45) is -0.171. The van der Waals surface area contributed by atoms with Crippen LogP contribution >= 0.6 is 0 Å². The highest BCUT2D eigenvalue weighted by atomic mass is 16.8. The van der Waals surface area contributed by atoms with Crippen LogP contribution in [0.4, 0.5) is 14.4 Å². The minimum Gasteiger partial charge on any atom is -0.480 e. The first-order chi connectivity index (χ1) is 20.2. The van der Waals surface area contributed by atoms with Gasteiger partial charge in [-0.15, -0.1) is 0 Å². The summed E-state index contributed by atoms with van der Waals surface area (Å²) in [5.74, 6) is -2.51. The molecule has 0 heterocycles. The van der Waals surface area contributed by atoms with Gasteiger partial charge in [0.2, 0.25) is 0 Å². The maximum atomic E-state index is 12.6. The van der Waals surface area contributed by atoms with Gasteiger partial charge < -0.3 is 39.3 Å². The van der Waals surface area contributed by atoms with E-state index in [9.17, 15) is 24.3 Å². The Morgan fingerprint density at radius 1 is 0.791 bits per heavy atom. The Hall–Kier alpha value is -3.54. The molecular weight excluding hydrogens is 562 g/mol. The van der Waals surface area contributed by atoms with Crippen molar-refractivity contribution in [1.29, 1.82) is 0 Å². The number of carbonyl (C=O) groups excluding carboxylic acids is 3. The van der Waals surface area contributed by atoms with E-state index in [0.29, 0.717) is 5.56 Å². The molecule has 43 heavy (non-hydrogen) atoms. The molecule has 0 aromatic heterocycles. The zero-order valence-corrected chi connectivity index (χ0v) is 26.2. The van der Waals surface area contributed by atoms with Crippen molar-refractivity contribution in [1.82, 2.24) is 0 Å². The second kappa shape index (κ2) is 16.9. The van der Waals surface area contributed by atoms with Crippen molar-refractivity contribution in [3.63, 3.8) is 0 Å². The van der Waals surface area contributed by atoms with E-state index in [1.807, 2.05) is 27.7 Å². The van der Waals surface area contributed by atoms with Gasteiger partial charge in [-0.25, -0.2) is 14.4 Å². The maximum Gasteiger partial charge on any atom is 0.514 e. The van der Waals surface area contributed by atoms with Crippen LogP contribution < -0.4 is 15.2 Å². The lowest BCUT2D eigenvalue weighted by molar-refractivity contribution is -0.139. The summed E-state index contributed by atoms with van der Waals surface area (Å²) in [6, 6.07) is 2.76. The van der Waals surface area contributed by atoms with Crippen LogP contribution in [0.5, 0.6) is 11.5 Å². The van der Waals surface area contributed by atoms with E-state index < -0.39 is 54.7 Å². The van der Waals surface area contributed by atoms with Crippen LogP contribution in [0.1, 0.15) is 98.5 Å². The predicted molar refractivity (Wildman–Crippen MR) is 156 cm³/mol. The second-order valence-corrected chi connectivity index (χ2v) is 11.8. The minimum absolute atomic E-state index is 0.00587. The fourth-order valence-electron chi connectivity index (χ4n) is 4.30. The van der Waals surface area contributed by atoms with Gasteiger partial charge in [0.05, 0.1) is 0 Å². The molecule has 1 aromatic carbocycles. The Labute approximate surface area is 253 Å². The highest BCUT2D eigenvalue weighted by Crippen LogP contribution is 2.35. The summed E-state index contributed by atoms with van der Waals surface area (Å²) in [5.41, 5.74) is 6.40. The van der Waals surface area contributed by atoms with Crippen LogP contribution in [0.15, 0.2) is 18.2 Å². The first-order valence-corrected chi connectivity index (χ1v) is 14.9. The second-order valence-electron chi connectivity index (χ2n) is 11.8. The Balaban J connectivity index is 2.31. The number of nitrogens with two attached hydrogens (primary N) is 1. The van der Waals surface area contributed by atoms with E-state index in [2.05, 4.69) is 0 Å². The zero-order valence-electron chi connectivity index (χ0n) is 26.2. The largest absolute Gasteiger partial charge is 0.514 e. The van der Waals surface area contributed by atoms with Crippen LogP contribution in [0, 0.1) is 11.8 Å². The molecule has 0 amide bonds. The summed E-state index contributed by atoms with van der Waals surface area (Å²) < 4.78 is 32.2. The van der Waals surface area contributed by atoms with Gasteiger partial charge in [-0.3, -0.25) is 4.79 Å². The van der Waals surface area contributed by atoms with Gasteiger partial charge in [-0.2, -0.15) is 0 Å². The summed E-state index contributed by atoms with van der Waals surface area (Å²) in [6.45, 7) is 12.5. The Morgan fingerprint density at radius 2 is 1.33 bits per heavy atom. The van der Waals surface area contributed by atoms with E-state index in [1.54, 1.807) is 20.8 Å². The summed E-state index contributed by atoms with van der Waals surface area (Å²) in [5, 5.41) is 9.74. The minimum atomic E-state index is -1.41. The predicted octanol–water partition coefficient (Wildman–Crippen LogP) is 6.57. The SMILES string of the molecule is CC(CC(c1ccc(OC(=O)OC(C)C(C)C)c(OC(=O)OC(C)C(C)C)c1)[C@H](N)C(=O)O)OC(=O)OC1CCCCC1. The van der Waals surface area contributed by atoms with E-state index in [4.69, 9.17) is 34.2 Å². The lowest BCUT2D eigenvalue weighted by Gasteiger charge is -2.26. The number of ether oxygens (including phenoxy) is 6. The van der Waals surface area contributed by atoms with Gasteiger partial charge >= 0.3 is 24.4 Å². The summed E-state index contributed by atoms with van der Waals surface area (Å²) in [7, 11) is 0. The first kappa shape index (κ1) is 35.7. The van der Waals surface area contributed by atoms with Crippen LogP contribution in [-0.2, 0) is 23.7 Å². The number of carbonyl (C=O) groups is 4. The van der Waals surface area contributed by atoms with Crippen molar-refractivity contribution in [2.75, 3.05) is 0 Å². The quantitative estimate of drug-likeness (QED) is 0.140. The number of benzene rings is 1. The third-order valence-corrected chi connectivity index (χ3v) is 7.64. The molecule has 0 radical (unpaired) electrons. The number of hydrogen-bond donors (Lipinski definition) is 2. The zero-order chi connectivity index (χ0) is 32.3. The average Bonchev–Trinajstić information content (AvgIpc) is 2.92. The van der Waals surface area contributed by atoms with Gasteiger partial charge in [0.1, 0.15) is 30.5 Å². The molecule has 1 aromatic rings. The molecule has 0 spiro atoms. The van der Waals surface area contributed by atoms with E-state index in [1.165, 1.54) is 18.2 Å². The molecule has 0 saturated heterocycles. The third-order valence-electron chi connectivity index (χ3n) is 7.64.